The van der Waals surface area contributed by atoms with Gasteiger partial charge >= 0.3 is 5.63 Å². The first-order chi connectivity index (χ1) is 8.58. The average molecular weight is 250 g/mol. The summed E-state index contributed by atoms with van der Waals surface area (Å²) in [6.45, 7) is 3.59. The second kappa shape index (κ2) is 5.03. The molecule has 0 unspecified atom stereocenters. The zero-order chi connectivity index (χ0) is 13.1. The second-order valence-corrected chi connectivity index (χ2v) is 4.14. The highest BCUT2D eigenvalue weighted by molar-refractivity contribution is 5.93. The fourth-order valence-corrected chi connectivity index (χ4v) is 1.89. The van der Waals surface area contributed by atoms with Crippen LogP contribution >= 0.6 is 0 Å². The number of carbonyl (C=O) groups excluding carboxylic acids is 2. The van der Waals surface area contributed by atoms with Crippen molar-refractivity contribution in [2.24, 2.45) is 0 Å². The molecule has 0 aliphatic carbocycles. The summed E-state index contributed by atoms with van der Waals surface area (Å²) >= 11 is 0. The standard InChI is InChI=1S/C12H14N2O4/c1-9(15)13-4-6-14(7-5-13)12(17)10-2-3-11(16)18-8-10/h2-3,8H,4-7H2,1H3. The van der Waals surface area contributed by atoms with Crippen LogP contribution in [-0.2, 0) is 4.79 Å². The average Bonchev–Trinajstić information content (AvgIpc) is 2.39. The van der Waals surface area contributed by atoms with E-state index in [9.17, 15) is 14.4 Å². The Bertz CT molecular complexity index is 495. The maximum atomic E-state index is 12.0. The molecule has 1 aliphatic heterocycles. The van der Waals surface area contributed by atoms with Crippen LogP contribution in [0.2, 0.25) is 0 Å². The Kier molecular flexibility index (Phi) is 3.45. The van der Waals surface area contributed by atoms with Gasteiger partial charge in [-0.1, -0.05) is 0 Å². The molecule has 0 saturated carbocycles. The lowest BCUT2D eigenvalue weighted by atomic mass is 10.2. The molecule has 6 nitrogen and oxygen atoms in total. The highest BCUT2D eigenvalue weighted by Gasteiger charge is 2.23. The first-order valence-corrected chi connectivity index (χ1v) is 5.71. The Balaban J connectivity index is 2.01. The number of rotatable bonds is 1. The molecule has 0 aromatic carbocycles. The Morgan fingerprint density at radius 2 is 1.72 bits per heavy atom. The lowest BCUT2D eigenvalue weighted by molar-refractivity contribution is -0.130. The van der Waals surface area contributed by atoms with E-state index in [1.807, 2.05) is 0 Å². The summed E-state index contributed by atoms with van der Waals surface area (Å²) in [5.41, 5.74) is -0.126. The van der Waals surface area contributed by atoms with Gasteiger partial charge in [-0.3, -0.25) is 9.59 Å². The molecule has 18 heavy (non-hydrogen) atoms. The summed E-state index contributed by atoms with van der Waals surface area (Å²) in [6, 6.07) is 2.67. The molecular formula is C12H14N2O4. The minimum atomic E-state index is -0.479. The number of amides is 2. The molecule has 2 amide bonds. The van der Waals surface area contributed by atoms with Crippen molar-refractivity contribution in [3.05, 3.63) is 34.4 Å². The number of hydrogen-bond acceptors (Lipinski definition) is 4. The molecule has 0 radical (unpaired) electrons. The predicted molar refractivity (Wildman–Crippen MR) is 63.1 cm³/mol. The van der Waals surface area contributed by atoms with E-state index in [4.69, 9.17) is 0 Å². The van der Waals surface area contributed by atoms with Gasteiger partial charge in [0, 0.05) is 39.2 Å². The predicted octanol–water partition coefficient (Wildman–Crippen LogP) is -0.0559. The van der Waals surface area contributed by atoms with Gasteiger partial charge in [0.15, 0.2) is 0 Å². The third kappa shape index (κ3) is 2.58. The van der Waals surface area contributed by atoms with Gasteiger partial charge in [0.25, 0.3) is 5.91 Å². The fourth-order valence-electron chi connectivity index (χ4n) is 1.89. The van der Waals surface area contributed by atoms with Crippen molar-refractivity contribution in [3.63, 3.8) is 0 Å². The first kappa shape index (κ1) is 12.3. The van der Waals surface area contributed by atoms with Crippen LogP contribution < -0.4 is 5.63 Å². The Labute approximate surface area is 104 Å². The normalized spacial score (nSPS) is 15.6. The van der Waals surface area contributed by atoms with E-state index in [1.165, 1.54) is 25.3 Å². The summed E-state index contributed by atoms with van der Waals surface area (Å²) in [4.78, 5) is 37.4. The van der Waals surface area contributed by atoms with Gasteiger partial charge in [-0.05, 0) is 6.07 Å². The fraction of sp³-hybridized carbons (Fsp3) is 0.417. The molecule has 0 spiro atoms. The number of hydrogen-bond donors (Lipinski definition) is 0. The summed E-state index contributed by atoms with van der Waals surface area (Å²) in [5.74, 6) is -0.158. The number of nitrogens with zero attached hydrogens (tertiary/aromatic N) is 2. The van der Waals surface area contributed by atoms with Crippen molar-refractivity contribution >= 4 is 11.8 Å². The van der Waals surface area contributed by atoms with Crippen molar-refractivity contribution in [2.45, 2.75) is 6.92 Å². The molecule has 1 aromatic rings. The Morgan fingerprint density at radius 3 is 2.22 bits per heavy atom. The van der Waals surface area contributed by atoms with Crippen LogP contribution in [-0.4, -0.2) is 47.8 Å². The molecule has 1 fully saturated rings. The lowest BCUT2D eigenvalue weighted by Crippen LogP contribution is -2.50. The molecule has 6 heteroatoms. The minimum Gasteiger partial charge on any atom is -0.430 e. The quantitative estimate of drug-likeness (QED) is 0.700. The molecular weight excluding hydrogens is 236 g/mol. The van der Waals surface area contributed by atoms with E-state index in [1.54, 1.807) is 9.80 Å². The van der Waals surface area contributed by atoms with Gasteiger partial charge in [-0.2, -0.15) is 0 Å². The molecule has 1 aliphatic rings. The van der Waals surface area contributed by atoms with Gasteiger partial charge < -0.3 is 14.2 Å². The van der Waals surface area contributed by atoms with Gasteiger partial charge in [-0.25, -0.2) is 4.79 Å². The monoisotopic (exact) mass is 250 g/mol. The number of piperazine rings is 1. The van der Waals surface area contributed by atoms with Crippen LogP contribution in [0, 0.1) is 0 Å². The van der Waals surface area contributed by atoms with E-state index in [0.29, 0.717) is 31.7 Å². The zero-order valence-electron chi connectivity index (χ0n) is 10.1. The molecule has 2 rings (SSSR count). The van der Waals surface area contributed by atoms with Crippen LogP contribution in [0.4, 0.5) is 0 Å². The van der Waals surface area contributed by atoms with E-state index in [-0.39, 0.29) is 11.8 Å². The lowest BCUT2D eigenvalue weighted by Gasteiger charge is -2.34. The van der Waals surface area contributed by atoms with Crippen LogP contribution in [0.5, 0.6) is 0 Å². The molecule has 0 N–H and O–H groups in total. The SMILES string of the molecule is CC(=O)N1CCN(C(=O)c2ccc(=O)oc2)CC1. The van der Waals surface area contributed by atoms with Gasteiger partial charge in [0.1, 0.15) is 6.26 Å². The maximum Gasteiger partial charge on any atom is 0.335 e. The second-order valence-electron chi connectivity index (χ2n) is 4.14. The third-order valence-electron chi connectivity index (χ3n) is 2.96. The van der Waals surface area contributed by atoms with E-state index in [2.05, 4.69) is 4.42 Å². The summed E-state index contributed by atoms with van der Waals surface area (Å²) in [6.07, 6.45) is 1.17. The van der Waals surface area contributed by atoms with Gasteiger partial charge in [0.05, 0.1) is 5.56 Å². The van der Waals surface area contributed by atoms with Gasteiger partial charge in [-0.15, -0.1) is 0 Å². The summed E-state index contributed by atoms with van der Waals surface area (Å²) in [7, 11) is 0. The zero-order valence-corrected chi connectivity index (χ0v) is 10.1. The van der Waals surface area contributed by atoms with Crippen LogP contribution in [0.15, 0.2) is 27.6 Å². The van der Waals surface area contributed by atoms with Crippen LogP contribution in [0.25, 0.3) is 0 Å². The van der Waals surface area contributed by atoms with Crippen LogP contribution in [0.3, 0.4) is 0 Å². The van der Waals surface area contributed by atoms with E-state index >= 15 is 0 Å². The van der Waals surface area contributed by atoms with Crippen LogP contribution in [0.1, 0.15) is 17.3 Å². The smallest absolute Gasteiger partial charge is 0.335 e. The molecule has 0 bridgehead atoms. The van der Waals surface area contributed by atoms with Crippen molar-refractivity contribution in [3.8, 4) is 0 Å². The molecule has 1 aromatic heterocycles. The molecule has 1 saturated heterocycles. The Morgan fingerprint density at radius 1 is 1.11 bits per heavy atom. The molecule has 96 valence electrons. The highest BCUT2D eigenvalue weighted by atomic mass is 16.4. The van der Waals surface area contributed by atoms with Crippen molar-refractivity contribution in [1.29, 1.82) is 0 Å². The summed E-state index contributed by atoms with van der Waals surface area (Å²) in [5, 5.41) is 0. The molecule has 0 atom stereocenters. The first-order valence-electron chi connectivity index (χ1n) is 5.71. The van der Waals surface area contributed by atoms with Crippen molar-refractivity contribution < 1.29 is 14.0 Å². The van der Waals surface area contributed by atoms with Crippen molar-refractivity contribution in [1.82, 2.24) is 9.80 Å². The van der Waals surface area contributed by atoms with E-state index in [0.717, 1.165) is 0 Å². The van der Waals surface area contributed by atoms with Gasteiger partial charge in [0.2, 0.25) is 5.91 Å². The maximum absolute atomic E-state index is 12.0. The van der Waals surface area contributed by atoms with E-state index < -0.39 is 5.63 Å². The number of carbonyl (C=O) groups is 2. The minimum absolute atomic E-state index is 0.0211. The topological polar surface area (TPSA) is 70.8 Å². The Hall–Kier alpha value is -2.11. The summed E-state index contributed by atoms with van der Waals surface area (Å²) < 4.78 is 4.66. The third-order valence-corrected chi connectivity index (χ3v) is 2.96. The largest absolute Gasteiger partial charge is 0.430 e. The molecule has 2 heterocycles. The van der Waals surface area contributed by atoms with Crippen molar-refractivity contribution in [2.75, 3.05) is 26.2 Å². The highest BCUT2D eigenvalue weighted by Crippen LogP contribution is 2.07.